The van der Waals surface area contributed by atoms with Gasteiger partial charge in [0.25, 0.3) is 0 Å². The van der Waals surface area contributed by atoms with Gasteiger partial charge in [-0.15, -0.1) is 0 Å². The van der Waals surface area contributed by atoms with Crippen molar-refractivity contribution in [2.75, 3.05) is 24.4 Å². The molecule has 4 rings (SSSR count). The van der Waals surface area contributed by atoms with E-state index in [1.54, 1.807) is 30.6 Å². The minimum atomic E-state index is -0.567. The van der Waals surface area contributed by atoms with Gasteiger partial charge < -0.3 is 20.4 Å². The summed E-state index contributed by atoms with van der Waals surface area (Å²) < 4.78 is 5.88. The number of ether oxygens (including phenoxy) is 1. The van der Waals surface area contributed by atoms with Crippen molar-refractivity contribution in [3.63, 3.8) is 0 Å². The summed E-state index contributed by atoms with van der Waals surface area (Å²) >= 11 is 9.59. The van der Waals surface area contributed by atoms with Crippen molar-refractivity contribution in [3.05, 3.63) is 51.2 Å². The Hall–Kier alpha value is -2.42. The minimum Gasteiger partial charge on any atom is -0.382 e. The molecule has 0 saturated carbocycles. The summed E-state index contributed by atoms with van der Waals surface area (Å²) in [6.45, 7) is 0.196. The van der Waals surface area contributed by atoms with Crippen LogP contribution in [0.3, 0.4) is 0 Å². The molecule has 138 valence electrons. The summed E-state index contributed by atoms with van der Waals surface area (Å²) in [5, 5.41) is 6.90. The van der Waals surface area contributed by atoms with Gasteiger partial charge in [-0.3, -0.25) is 9.59 Å². The van der Waals surface area contributed by atoms with Crippen LogP contribution in [-0.2, 0) is 9.53 Å². The maximum absolute atomic E-state index is 13.1. The van der Waals surface area contributed by atoms with Gasteiger partial charge in [0.2, 0.25) is 5.91 Å². The Kier molecular flexibility index (Phi) is 4.63. The predicted octanol–water partition coefficient (Wildman–Crippen LogP) is 3.59. The number of anilines is 2. The van der Waals surface area contributed by atoms with Crippen LogP contribution in [0.15, 0.2) is 35.1 Å². The van der Waals surface area contributed by atoms with E-state index in [4.69, 9.17) is 16.3 Å². The van der Waals surface area contributed by atoms with E-state index in [-0.39, 0.29) is 18.3 Å². The molecule has 1 unspecified atom stereocenters. The van der Waals surface area contributed by atoms with Crippen molar-refractivity contribution in [2.24, 2.45) is 0 Å². The smallest absolute Gasteiger partial charge is 0.249 e. The molecule has 3 N–H and O–H groups in total. The lowest BCUT2D eigenvalue weighted by Gasteiger charge is -2.26. The SMILES string of the molecule is COCC1Nc2c(cnc3[nH]cc(C(=O)c4ccc(Br)cc4Cl)c23)NC1=O. The lowest BCUT2D eigenvalue weighted by Crippen LogP contribution is -2.42. The van der Waals surface area contributed by atoms with E-state index in [1.165, 1.54) is 7.11 Å². The van der Waals surface area contributed by atoms with Gasteiger partial charge in [0.15, 0.2) is 5.78 Å². The second-order valence-corrected chi connectivity index (χ2v) is 7.39. The molecule has 2 aromatic heterocycles. The number of methoxy groups -OCH3 is 1. The summed E-state index contributed by atoms with van der Waals surface area (Å²) in [4.78, 5) is 32.6. The average Bonchev–Trinajstić information content (AvgIpc) is 3.06. The molecule has 1 aliphatic heterocycles. The van der Waals surface area contributed by atoms with Crippen molar-refractivity contribution in [1.82, 2.24) is 9.97 Å². The van der Waals surface area contributed by atoms with E-state index in [0.717, 1.165) is 4.47 Å². The van der Waals surface area contributed by atoms with E-state index in [1.807, 2.05) is 0 Å². The van der Waals surface area contributed by atoms with E-state index >= 15 is 0 Å². The number of aromatic nitrogens is 2. The topological polar surface area (TPSA) is 96.1 Å². The van der Waals surface area contributed by atoms with Gasteiger partial charge in [-0.25, -0.2) is 4.98 Å². The van der Waals surface area contributed by atoms with Gasteiger partial charge in [-0.2, -0.15) is 0 Å². The zero-order valence-electron chi connectivity index (χ0n) is 14.1. The van der Waals surface area contributed by atoms with Crippen LogP contribution in [0.4, 0.5) is 11.4 Å². The molecule has 9 heteroatoms. The summed E-state index contributed by atoms with van der Waals surface area (Å²) in [7, 11) is 1.52. The summed E-state index contributed by atoms with van der Waals surface area (Å²) in [5.74, 6) is -0.458. The first kappa shape index (κ1) is 18.0. The Morgan fingerprint density at radius 3 is 2.93 bits per heavy atom. The largest absolute Gasteiger partial charge is 0.382 e. The molecule has 3 heterocycles. The van der Waals surface area contributed by atoms with Crippen LogP contribution in [0.2, 0.25) is 5.02 Å². The van der Waals surface area contributed by atoms with E-state index in [0.29, 0.717) is 38.6 Å². The first-order valence-electron chi connectivity index (χ1n) is 8.05. The first-order chi connectivity index (χ1) is 13.0. The molecule has 1 amide bonds. The normalized spacial score (nSPS) is 16.0. The Labute approximate surface area is 167 Å². The summed E-state index contributed by atoms with van der Waals surface area (Å²) in [6.07, 6.45) is 3.14. The average molecular weight is 450 g/mol. The number of ketones is 1. The summed E-state index contributed by atoms with van der Waals surface area (Å²) in [6, 6.07) is 4.53. The highest BCUT2D eigenvalue weighted by atomic mass is 79.9. The van der Waals surface area contributed by atoms with Crippen molar-refractivity contribution in [1.29, 1.82) is 0 Å². The number of carbonyl (C=O) groups excluding carboxylic acids is 2. The molecular weight excluding hydrogens is 436 g/mol. The number of halogens is 2. The van der Waals surface area contributed by atoms with E-state index < -0.39 is 6.04 Å². The molecule has 27 heavy (non-hydrogen) atoms. The number of aromatic amines is 1. The number of hydrogen-bond donors (Lipinski definition) is 3. The second kappa shape index (κ2) is 6.95. The van der Waals surface area contributed by atoms with Gasteiger partial charge in [-0.1, -0.05) is 27.5 Å². The second-order valence-electron chi connectivity index (χ2n) is 6.07. The van der Waals surface area contributed by atoms with Gasteiger partial charge >= 0.3 is 0 Å². The molecule has 0 radical (unpaired) electrons. The quantitative estimate of drug-likeness (QED) is 0.529. The van der Waals surface area contributed by atoms with Crippen LogP contribution < -0.4 is 10.6 Å². The van der Waals surface area contributed by atoms with Gasteiger partial charge in [0, 0.05) is 23.3 Å². The number of nitrogens with one attached hydrogen (secondary N) is 3. The van der Waals surface area contributed by atoms with Crippen LogP contribution >= 0.6 is 27.5 Å². The fourth-order valence-corrected chi connectivity index (χ4v) is 3.84. The van der Waals surface area contributed by atoms with E-state index in [9.17, 15) is 9.59 Å². The van der Waals surface area contributed by atoms with Crippen molar-refractivity contribution >= 4 is 61.6 Å². The van der Waals surface area contributed by atoms with Crippen LogP contribution in [0.1, 0.15) is 15.9 Å². The number of pyridine rings is 1. The molecule has 7 nitrogen and oxygen atoms in total. The van der Waals surface area contributed by atoms with Gasteiger partial charge in [-0.05, 0) is 18.2 Å². The lowest BCUT2D eigenvalue weighted by atomic mass is 10.0. The number of fused-ring (bicyclic) bond motifs is 3. The van der Waals surface area contributed by atoms with Crippen LogP contribution in [0.5, 0.6) is 0 Å². The minimum absolute atomic E-state index is 0.196. The molecule has 1 aliphatic rings. The van der Waals surface area contributed by atoms with Gasteiger partial charge in [0.1, 0.15) is 11.7 Å². The molecule has 3 aromatic rings. The Balaban J connectivity index is 1.85. The number of rotatable bonds is 4. The molecular formula is C18H14BrClN4O3. The Morgan fingerprint density at radius 2 is 2.19 bits per heavy atom. The third-order valence-electron chi connectivity index (χ3n) is 4.35. The molecule has 0 bridgehead atoms. The highest BCUT2D eigenvalue weighted by Gasteiger charge is 2.29. The molecule has 0 spiro atoms. The number of hydrogen-bond acceptors (Lipinski definition) is 5. The van der Waals surface area contributed by atoms with Crippen LogP contribution in [-0.4, -0.2) is 41.4 Å². The molecule has 1 atom stereocenters. The first-order valence-corrected chi connectivity index (χ1v) is 9.23. The van der Waals surface area contributed by atoms with Crippen molar-refractivity contribution < 1.29 is 14.3 Å². The highest BCUT2D eigenvalue weighted by molar-refractivity contribution is 9.10. The molecule has 0 aliphatic carbocycles. The van der Waals surface area contributed by atoms with Gasteiger partial charge in [0.05, 0.1) is 40.2 Å². The molecule has 1 aromatic carbocycles. The number of benzene rings is 1. The number of nitrogens with zero attached hydrogens (tertiary/aromatic N) is 1. The monoisotopic (exact) mass is 448 g/mol. The third-order valence-corrected chi connectivity index (χ3v) is 5.15. The van der Waals surface area contributed by atoms with E-state index in [2.05, 4.69) is 36.5 Å². The fourth-order valence-electron chi connectivity index (χ4n) is 3.08. The van der Waals surface area contributed by atoms with Crippen molar-refractivity contribution in [2.45, 2.75) is 6.04 Å². The maximum atomic E-state index is 13.1. The molecule has 0 fully saturated rings. The third kappa shape index (κ3) is 3.09. The van der Waals surface area contributed by atoms with Crippen LogP contribution in [0.25, 0.3) is 11.0 Å². The predicted molar refractivity (Wildman–Crippen MR) is 107 cm³/mol. The fraction of sp³-hybridized carbons (Fsp3) is 0.167. The summed E-state index contributed by atoms with van der Waals surface area (Å²) in [5.41, 5.74) is 2.46. The Morgan fingerprint density at radius 1 is 1.37 bits per heavy atom. The zero-order valence-corrected chi connectivity index (χ0v) is 16.4. The number of H-pyrrole nitrogens is 1. The number of carbonyl (C=O) groups is 2. The zero-order chi connectivity index (χ0) is 19.1. The maximum Gasteiger partial charge on any atom is 0.249 e. The molecule has 0 saturated heterocycles. The lowest BCUT2D eigenvalue weighted by molar-refractivity contribution is -0.118. The van der Waals surface area contributed by atoms with Crippen LogP contribution in [0, 0.1) is 0 Å². The standard InChI is InChI=1S/C18H14BrClN4O3/c1-27-7-13-18(26)24-12-6-22-17-14(15(12)23-13)10(5-21-17)16(25)9-3-2-8(19)4-11(9)20/h2-6,13,23H,7H2,1H3,(H,21,22)(H,24,26). The Bertz CT molecular complexity index is 1080. The van der Waals surface area contributed by atoms with Crippen molar-refractivity contribution in [3.8, 4) is 0 Å². The number of amides is 1. The highest BCUT2D eigenvalue weighted by Crippen LogP contribution is 2.36.